The molecule has 0 spiro atoms. The van der Waals surface area contributed by atoms with Crippen LogP contribution in [0.4, 0.5) is 0 Å². The van der Waals surface area contributed by atoms with Crippen molar-refractivity contribution in [2.45, 2.75) is 53.0 Å². The van der Waals surface area contributed by atoms with Crippen LogP contribution in [0.25, 0.3) is 0 Å². The molecule has 0 radical (unpaired) electrons. The number of aryl methyl sites for hydroxylation is 1. The quantitative estimate of drug-likeness (QED) is 0.838. The molecule has 4 heteroatoms. The molecule has 2 heterocycles. The molecule has 0 unspecified atom stereocenters. The van der Waals surface area contributed by atoms with Gasteiger partial charge in [0, 0.05) is 24.4 Å². The van der Waals surface area contributed by atoms with E-state index in [2.05, 4.69) is 31.0 Å². The van der Waals surface area contributed by atoms with E-state index in [1.54, 1.807) is 0 Å². The van der Waals surface area contributed by atoms with E-state index in [1.165, 1.54) is 48.1 Å². The van der Waals surface area contributed by atoms with Gasteiger partial charge in [-0.1, -0.05) is 20.8 Å². The predicted molar refractivity (Wildman–Crippen MR) is 87.4 cm³/mol. The summed E-state index contributed by atoms with van der Waals surface area (Å²) in [4.78, 5) is 8.88. The van der Waals surface area contributed by atoms with Crippen molar-refractivity contribution in [3.63, 3.8) is 0 Å². The lowest BCUT2D eigenvalue weighted by Gasteiger charge is -2.29. The van der Waals surface area contributed by atoms with Crippen molar-refractivity contribution >= 4 is 11.3 Å². The van der Waals surface area contributed by atoms with Gasteiger partial charge in [0.15, 0.2) is 0 Å². The smallest absolute Gasteiger partial charge is 0.0944 e. The lowest BCUT2D eigenvalue weighted by atomic mass is 9.99. The zero-order chi connectivity index (χ0) is 14.4. The Morgan fingerprint density at radius 3 is 2.70 bits per heavy atom. The molecule has 1 aliphatic rings. The largest absolute Gasteiger partial charge is 0.312 e. The lowest BCUT2D eigenvalue weighted by Crippen LogP contribution is -2.34. The van der Waals surface area contributed by atoms with Crippen molar-refractivity contribution in [2.75, 3.05) is 26.2 Å². The standard InChI is InChI=1S/C16H29N3S/c1-4-14-15(12-17-5-2)20-16(18-14)8-11-19-9-6-13(3)7-10-19/h13,17H,4-12H2,1-3H3. The summed E-state index contributed by atoms with van der Waals surface area (Å²) < 4.78 is 0. The fourth-order valence-electron chi connectivity index (χ4n) is 2.74. The SMILES string of the molecule is CCNCc1sc(CCN2CCC(C)CC2)nc1CC. The van der Waals surface area contributed by atoms with Crippen LogP contribution >= 0.6 is 11.3 Å². The number of aromatic nitrogens is 1. The second-order valence-corrected chi connectivity index (χ2v) is 7.05. The predicted octanol–water partition coefficient (Wildman–Crippen LogP) is 3.09. The molecule has 0 bridgehead atoms. The topological polar surface area (TPSA) is 28.2 Å². The van der Waals surface area contributed by atoms with Crippen molar-refractivity contribution in [3.05, 3.63) is 15.6 Å². The Labute approximate surface area is 127 Å². The van der Waals surface area contributed by atoms with Gasteiger partial charge in [-0.2, -0.15) is 0 Å². The normalized spacial score (nSPS) is 17.8. The fourth-order valence-corrected chi connectivity index (χ4v) is 3.85. The Morgan fingerprint density at radius 2 is 2.05 bits per heavy atom. The number of nitrogens with one attached hydrogen (secondary N) is 1. The van der Waals surface area contributed by atoms with Gasteiger partial charge in [-0.3, -0.25) is 0 Å². The Morgan fingerprint density at radius 1 is 1.30 bits per heavy atom. The lowest BCUT2D eigenvalue weighted by molar-refractivity contribution is 0.194. The van der Waals surface area contributed by atoms with Crippen LogP contribution in [0.2, 0.25) is 0 Å². The van der Waals surface area contributed by atoms with Crippen LogP contribution in [0.5, 0.6) is 0 Å². The number of likely N-dealkylation sites (tertiary alicyclic amines) is 1. The molecule has 1 aliphatic heterocycles. The van der Waals surface area contributed by atoms with Crippen molar-refractivity contribution in [2.24, 2.45) is 5.92 Å². The van der Waals surface area contributed by atoms with Gasteiger partial charge in [0.25, 0.3) is 0 Å². The maximum Gasteiger partial charge on any atom is 0.0944 e. The molecule has 0 atom stereocenters. The number of piperidine rings is 1. The van der Waals surface area contributed by atoms with Crippen molar-refractivity contribution in [1.82, 2.24) is 15.2 Å². The molecule has 1 aromatic rings. The minimum atomic E-state index is 0.921. The summed E-state index contributed by atoms with van der Waals surface area (Å²) in [5.74, 6) is 0.921. The maximum atomic E-state index is 4.83. The zero-order valence-electron chi connectivity index (χ0n) is 13.2. The van der Waals surface area contributed by atoms with E-state index in [0.29, 0.717) is 0 Å². The molecule has 20 heavy (non-hydrogen) atoms. The molecular formula is C16H29N3S. The minimum Gasteiger partial charge on any atom is -0.312 e. The summed E-state index contributed by atoms with van der Waals surface area (Å²) in [6, 6.07) is 0. The number of hydrogen-bond donors (Lipinski definition) is 1. The van der Waals surface area contributed by atoms with Gasteiger partial charge in [0.05, 0.1) is 10.7 Å². The van der Waals surface area contributed by atoms with Crippen LogP contribution in [0.15, 0.2) is 0 Å². The Kier molecular flexibility index (Phi) is 6.46. The monoisotopic (exact) mass is 295 g/mol. The highest BCUT2D eigenvalue weighted by Gasteiger charge is 2.16. The van der Waals surface area contributed by atoms with Crippen LogP contribution < -0.4 is 5.32 Å². The second kappa shape index (κ2) is 8.11. The summed E-state index contributed by atoms with van der Waals surface area (Å²) in [5, 5.41) is 4.75. The molecule has 114 valence electrons. The third kappa shape index (κ3) is 4.54. The van der Waals surface area contributed by atoms with Crippen molar-refractivity contribution in [3.8, 4) is 0 Å². The molecular weight excluding hydrogens is 266 g/mol. The van der Waals surface area contributed by atoms with Gasteiger partial charge in [0.2, 0.25) is 0 Å². The molecule has 1 saturated heterocycles. The van der Waals surface area contributed by atoms with Crippen LogP contribution in [-0.2, 0) is 19.4 Å². The first kappa shape index (κ1) is 15.9. The van der Waals surface area contributed by atoms with E-state index >= 15 is 0 Å². The van der Waals surface area contributed by atoms with E-state index in [0.717, 1.165) is 31.8 Å². The van der Waals surface area contributed by atoms with E-state index < -0.39 is 0 Å². The summed E-state index contributed by atoms with van der Waals surface area (Å²) >= 11 is 1.91. The highest BCUT2D eigenvalue weighted by molar-refractivity contribution is 7.11. The van der Waals surface area contributed by atoms with Gasteiger partial charge in [-0.25, -0.2) is 4.98 Å². The number of thiazole rings is 1. The van der Waals surface area contributed by atoms with Gasteiger partial charge in [0.1, 0.15) is 0 Å². The molecule has 3 nitrogen and oxygen atoms in total. The maximum absolute atomic E-state index is 4.83. The average molecular weight is 295 g/mol. The van der Waals surface area contributed by atoms with E-state index in [1.807, 2.05) is 11.3 Å². The number of nitrogens with zero attached hydrogens (tertiary/aromatic N) is 2. The fraction of sp³-hybridized carbons (Fsp3) is 0.812. The molecule has 0 aromatic carbocycles. The van der Waals surface area contributed by atoms with E-state index in [4.69, 9.17) is 4.98 Å². The van der Waals surface area contributed by atoms with Crippen molar-refractivity contribution < 1.29 is 0 Å². The molecule has 0 aliphatic carbocycles. The Balaban J connectivity index is 1.84. The minimum absolute atomic E-state index is 0.921. The molecule has 1 aromatic heterocycles. The first-order valence-corrected chi connectivity index (χ1v) is 8.95. The van der Waals surface area contributed by atoms with Crippen LogP contribution in [-0.4, -0.2) is 36.1 Å². The summed E-state index contributed by atoms with van der Waals surface area (Å²) in [7, 11) is 0. The first-order valence-electron chi connectivity index (χ1n) is 8.13. The summed E-state index contributed by atoms with van der Waals surface area (Å²) in [6.07, 6.45) is 4.91. The Bertz CT molecular complexity index is 394. The van der Waals surface area contributed by atoms with Crippen LogP contribution in [0.1, 0.15) is 49.2 Å². The third-order valence-corrected chi connectivity index (χ3v) is 5.37. The highest BCUT2D eigenvalue weighted by atomic mass is 32.1. The Hall–Kier alpha value is -0.450. The number of rotatable bonds is 7. The van der Waals surface area contributed by atoms with Crippen LogP contribution in [0.3, 0.4) is 0 Å². The van der Waals surface area contributed by atoms with Gasteiger partial charge >= 0.3 is 0 Å². The molecule has 2 rings (SSSR count). The van der Waals surface area contributed by atoms with Crippen molar-refractivity contribution in [1.29, 1.82) is 0 Å². The average Bonchev–Trinajstić information content (AvgIpc) is 2.87. The van der Waals surface area contributed by atoms with E-state index in [-0.39, 0.29) is 0 Å². The zero-order valence-corrected chi connectivity index (χ0v) is 14.1. The molecule has 0 amide bonds. The van der Waals surface area contributed by atoms with Gasteiger partial charge in [-0.15, -0.1) is 11.3 Å². The third-order valence-electron chi connectivity index (χ3n) is 4.21. The molecule has 1 N–H and O–H groups in total. The first-order chi connectivity index (χ1) is 9.72. The van der Waals surface area contributed by atoms with Gasteiger partial charge in [-0.05, 0) is 44.8 Å². The van der Waals surface area contributed by atoms with E-state index in [9.17, 15) is 0 Å². The molecule has 1 fully saturated rings. The molecule has 0 saturated carbocycles. The highest BCUT2D eigenvalue weighted by Crippen LogP contribution is 2.21. The number of hydrogen-bond acceptors (Lipinski definition) is 4. The summed E-state index contributed by atoms with van der Waals surface area (Å²) in [5.41, 5.74) is 1.30. The summed E-state index contributed by atoms with van der Waals surface area (Å²) in [6.45, 7) is 12.5. The second-order valence-electron chi connectivity index (χ2n) is 5.89. The van der Waals surface area contributed by atoms with Crippen LogP contribution in [0, 0.1) is 5.92 Å². The van der Waals surface area contributed by atoms with Gasteiger partial charge < -0.3 is 10.2 Å².